The van der Waals surface area contributed by atoms with Gasteiger partial charge in [0.05, 0.1) is 28.1 Å². The van der Waals surface area contributed by atoms with E-state index in [1.165, 1.54) is 11.3 Å². The number of hydrogen-bond acceptors (Lipinski definition) is 7. The number of aromatic nitrogens is 3. The Morgan fingerprint density at radius 2 is 1.95 bits per heavy atom. The number of benzene rings is 1. The van der Waals surface area contributed by atoms with Crippen LogP contribution in [0, 0.1) is 0 Å². The quantitative estimate of drug-likeness (QED) is 0.220. The number of aryl methyl sites for hydroxylation is 1. The highest BCUT2D eigenvalue weighted by atomic mass is 35.5. The molecular weight excluding hydrogens is 662 g/mol. The van der Waals surface area contributed by atoms with E-state index in [9.17, 15) is 18.0 Å². The Morgan fingerprint density at radius 3 is 2.68 bits per heavy atom. The number of fused-ring (bicyclic) bond motifs is 2. The van der Waals surface area contributed by atoms with Crippen molar-refractivity contribution >= 4 is 57.6 Å². The molecule has 44 heavy (non-hydrogen) atoms. The summed E-state index contributed by atoms with van der Waals surface area (Å²) in [6.45, 7) is 0.618. The van der Waals surface area contributed by atoms with E-state index in [0.29, 0.717) is 32.3 Å². The van der Waals surface area contributed by atoms with Crippen molar-refractivity contribution in [3.8, 4) is 5.88 Å². The highest BCUT2D eigenvalue weighted by Gasteiger charge is 2.43. The largest absolute Gasteiger partial charge is 0.473 e. The smallest absolute Gasteiger partial charge is 0.434 e. The van der Waals surface area contributed by atoms with E-state index in [4.69, 9.17) is 44.3 Å². The molecule has 1 aromatic carbocycles. The Morgan fingerprint density at radius 1 is 1.16 bits per heavy atom. The number of ether oxygens (including phenoxy) is 2. The number of amides is 1. The minimum absolute atomic E-state index is 0.0154. The number of halogens is 6. The maximum atomic E-state index is 14.2. The van der Waals surface area contributed by atoms with Crippen molar-refractivity contribution in [3.05, 3.63) is 66.2 Å². The molecule has 3 aliphatic rings. The Balaban J connectivity index is 1.13. The Labute approximate surface area is 271 Å². The molecule has 0 spiro atoms. The molecule has 1 saturated heterocycles. The molecule has 1 amide bonds. The number of alkyl halides is 3. The Hall–Kier alpha value is -2.35. The third kappa shape index (κ3) is 6.61. The first-order valence-corrected chi connectivity index (χ1v) is 16.1. The summed E-state index contributed by atoms with van der Waals surface area (Å²) in [6, 6.07) is 5.93. The first kappa shape index (κ1) is 31.6. The van der Waals surface area contributed by atoms with E-state index in [1.54, 1.807) is 12.3 Å². The van der Waals surface area contributed by atoms with E-state index in [2.05, 4.69) is 15.4 Å². The average molecular weight is 691 g/mol. The molecule has 15 heteroatoms. The van der Waals surface area contributed by atoms with Crippen LogP contribution < -0.4 is 10.1 Å². The van der Waals surface area contributed by atoms with Crippen LogP contribution in [0.1, 0.15) is 53.2 Å². The first-order chi connectivity index (χ1) is 21.0. The number of rotatable bonds is 11. The lowest BCUT2D eigenvalue weighted by Crippen LogP contribution is -2.44. The lowest BCUT2D eigenvalue weighted by Gasteiger charge is -2.31. The zero-order valence-electron chi connectivity index (χ0n) is 23.6. The molecule has 0 unspecified atom stereocenters. The van der Waals surface area contributed by atoms with Crippen LogP contribution in [0.15, 0.2) is 30.0 Å². The van der Waals surface area contributed by atoms with E-state index in [1.807, 2.05) is 17.0 Å². The van der Waals surface area contributed by atoms with Crippen molar-refractivity contribution in [2.45, 2.75) is 69.6 Å². The third-order valence-electron chi connectivity index (χ3n) is 7.99. The second-order valence-electron chi connectivity index (χ2n) is 11.1. The van der Waals surface area contributed by atoms with E-state index in [-0.39, 0.29) is 43.7 Å². The lowest BCUT2D eigenvalue weighted by molar-refractivity contribution is -0.143. The summed E-state index contributed by atoms with van der Waals surface area (Å²) in [7, 11) is 1.15. The fourth-order valence-corrected chi connectivity index (χ4v) is 7.42. The second-order valence-corrected chi connectivity index (χ2v) is 13.4. The van der Waals surface area contributed by atoms with E-state index < -0.39 is 16.9 Å². The SMILES string of the molecule is Cn1nc(OCCOCc2ncc(C3=C(C(=O)N(Cc4cccc(Cl)c4Cl)C4CC4)[C@H]4CC[C@@H](C3)N4)s2)c(Cl)c1C(F)(F)F. The van der Waals surface area contributed by atoms with E-state index in [0.717, 1.165) is 60.7 Å². The molecule has 6 rings (SSSR count). The van der Waals surface area contributed by atoms with Gasteiger partial charge >= 0.3 is 6.18 Å². The topological polar surface area (TPSA) is 81.5 Å². The van der Waals surface area contributed by atoms with Crippen LogP contribution >= 0.6 is 46.1 Å². The van der Waals surface area contributed by atoms with Crippen LogP contribution in [0.4, 0.5) is 13.2 Å². The van der Waals surface area contributed by atoms with Gasteiger partial charge in [-0.1, -0.05) is 46.9 Å². The summed E-state index contributed by atoms with van der Waals surface area (Å²) in [5.74, 6) is -0.286. The van der Waals surface area contributed by atoms with Crippen LogP contribution in [0.25, 0.3) is 5.57 Å². The van der Waals surface area contributed by atoms with Gasteiger partial charge in [0.2, 0.25) is 0 Å². The van der Waals surface area contributed by atoms with Crippen LogP contribution in [-0.4, -0.2) is 56.9 Å². The van der Waals surface area contributed by atoms with Crippen LogP contribution in [-0.2, 0) is 35.9 Å². The van der Waals surface area contributed by atoms with Crippen LogP contribution in [0.3, 0.4) is 0 Å². The van der Waals surface area contributed by atoms with Gasteiger partial charge in [-0.2, -0.15) is 13.2 Å². The Kier molecular flexibility index (Phi) is 9.20. The van der Waals surface area contributed by atoms with Gasteiger partial charge in [0.25, 0.3) is 11.8 Å². The van der Waals surface area contributed by atoms with Crippen molar-refractivity contribution in [3.63, 3.8) is 0 Å². The van der Waals surface area contributed by atoms with Gasteiger partial charge in [0.1, 0.15) is 16.6 Å². The zero-order chi connectivity index (χ0) is 31.2. The average Bonchev–Trinajstić information content (AvgIpc) is 3.46. The predicted molar refractivity (Wildman–Crippen MR) is 162 cm³/mol. The molecule has 236 valence electrons. The minimum Gasteiger partial charge on any atom is -0.473 e. The molecule has 1 N–H and O–H groups in total. The third-order valence-corrected chi connectivity index (χ3v) is 10.2. The molecular formula is C29H29Cl3F3N5O3S. The predicted octanol–water partition coefficient (Wildman–Crippen LogP) is 6.92. The molecule has 2 atom stereocenters. The summed E-state index contributed by atoms with van der Waals surface area (Å²) in [5.41, 5.74) is 1.56. The number of nitrogens with one attached hydrogen (secondary N) is 1. The Bertz CT molecular complexity index is 1590. The highest BCUT2D eigenvalue weighted by Crippen LogP contribution is 2.42. The molecule has 1 aliphatic carbocycles. The van der Waals surface area contributed by atoms with Crippen molar-refractivity contribution < 1.29 is 27.4 Å². The fourth-order valence-electron chi connectivity index (χ4n) is 5.79. The zero-order valence-corrected chi connectivity index (χ0v) is 26.7. The summed E-state index contributed by atoms with van der Waals surface area (Å²) < 4.78 is 51.0. The van der Waals surface area contributed by atoms with Crippen molar-refractivity contribution in [1.29, 1.82) is 0 Å². The van der Waals surface area contributed by atoms with Crippen LogP contribution in [0.5, 0.6) is 5.88 Å². The summed E-state index contributed by atoms with van der Waals surface area (Å²) in [4.78, 5) is 21.6. The molecule has 4 heterocycles. The van der Waals surface area contributed by atoms with Crippen molar-refractivity contribution in [1.82, 2.24) is 25.0 Å². The van der Waals surface area contributed by atoms with Crippen LogP contribution in [0.2, 0.25) is 15.1 Å². The van der Waals surface area contributed by atoms with Gasteiger partial charge in [-0.15, -0.1) is 16.4 Å². The van der Waals surface area contributed by atoms with Gasteiger partial charge in [-0.25, -0.2) is 4.98 Å². The normalized spacial score (nSPS) is 20.0. The van der Waals surface area contributed by atoms with Gasteiger partial charge in [0.15, 0.2) is 5.69 Å². The number of carbonyl (C=O) groups excluding carboxylic acids is 1. The maximum Gasteiger partial charge on any atom is 0.434 e. The molecule has 0 radical (unpaired) electrons. The summed E-state index contributed by atoms with van der Waals surface area (Å²) >= 11 is 20.1. The monoisotopic (exact) mass is 689 g/mol. The minimum atomic E-state index is -4.65. The first-order valence-electron chi connectivity index (χ1n) is 14.2. The molecule has 2 aromatic heterocycles. The molecule has 2 bridgehead atoms. The van der Waals surface area contributed by atoms with E-state index >= 15 is 0 Å². The molecule has 2 fully saturated rings. The number of nitrogens with zero attached hydrogens (tertiary/aromatic N) is 4. The molecule has 3 aromatic rings. The number of thiazole rings is 1. The second kappa shape index (κ2) is 12.8. The number of hydrogen-bond donors (Lipinski definition) is 1. The summed E-state index contributed by atoms with van der Waals surface area (Å²) in [6.07, 6.45) is 1.67. The molecule has 8 nitrogen and oxygen atoms in total. The maximum absolute atomic E-state index is 14.2. The summed E-state index contributed by atoms with van der Waals surface area (Å²) in [5, 5.41) is 8.39. The van der Waals surface area contributed by atoms with Crippen molar-refractivity contribution in [2.24, 2.45) is 7.05 Å². The molecule has 1 saturated carbocycles. The van der Waals surface area contributed by atoms with Gasteiger partial charge in [0, 0.05) is 43.5 Å². The standard InChI is InChI=1S/C29H29Cl3F3N5O3S/c1-39-26(29(33,34)35)25(32)27(38-39)43-10-9-42-14-22-36-12-21(44-22)18-11-16-5-8-20(37-16)23(18)28(41)40(17-6-7-17)13-15-3-2-4-19(30)24(15)31/h2-4,12,16-17,20,37H,5-11,13-14H2,1H3/t16-,20+/m0/s1. The van der Waals surface area contributed by atoms with Gasteiger partial charge in [-0.05, 0) is 49.3 Å². The molecule has 2 aliphatic heterocycles. The highest BCUT2D eigenvalue weighted by molar-refractivity contribution is 7.12. The lowest BCUT2D eigenvalue weighted by atomic mass is 9.93. The fraction of sp³-hybridized carbons (Fsp3) is 0.483. The number of carbonyl (C=O) groups is 1. The van der Waals surface area contributed by atoms with Crippen molar-refractivity contribution in [2.75, 3.05) is 13.2 Å². The van der Waals surface area contributed by atoms with Gasteiger partial charge < -0.3 is 19.7 Å². The van der Waals surface area contributed by atoms with Gasteiger partial charge in [-0.3, -0.25) is 9.48 Å².